The van der Waals surface area contributed by atoms with Gasteiger partial charge in [-0.05, 0) is 6.42 Å². The number of carbonyl (C=O) groups excluding carboxylic acids is 1. The molecule has 3 N–H and O–H groups in total. The van der Waals surface area contributed by atoms with Crippen molar-refractivity contribution in [2.75, 3.05) is 0 Å². The van der Waals surface area contributed by atoms with Gasteiger partial charge in [-0.15, -0.1) is 0 Å². The molecule has 0 aliphatic rings. The van der Waals surface area contributed by atoms with Crippen LogP contribution < -0.4 is 35.3 Å². The maximum absolute atomic E-state index is 10.6. The molecule has 0 heterocycles. The van der Waals surface area contributed by atoms with E-state index in [4.69, 9.17) is 10.3 Å². The molecule has 0 rings (SSSR count). The van der Waals surface area contributed by atoms with Gasteiger partial charge in [-0.1, -0.05) is 13.5 Å². The van der Waals surface area contributed by atoms with Crippen molar-refractivity contribution in [3.63, 3.8) is 0 Å². The summed E-state index contributed by atoms with van der Waals surface area (Å²) in [5, 5.41) is -1.28. The minimum absolute atomic E-state index is 0. The van der Waals surface area contributed by atoms with Crippen molar-refractivity contribution in [2.24, 2.45) is 5.73 Å². The zero-order valence-electron chi connectivity index (χ0n) is 7.65. The van der Waals surface area contributed by atoms with Gasteiger partial charge in [0.25, 0.3) is 10.1 Å². The first-order valence-corrected chi connectivity index (χ1v) is 4.76. The van der Waals surface area contributed by atoms with Crippen LogP contribution in [0, 0.1) is 0 Å². The van der Waals surface area contributed by atoms with Gasteiger partial charge >= 0.3 is 29.6 Å². The first kappa shape index (κ1) is 15.6. The van der Waals surface area contributed by atoms with E-state index in [2.05, 4.69) is 6.58 Å². The van der Waals surface area contributed by atoms with E-state index in [1.807, 2.05) is 0 Å². The molecular weight excluding hydrogens is 205 g/mol. The average molecular weight is 216 g/mol. The minimum Gasteiger partial charge on any atom is -0.366 e. The molecule has 0 saturated carbocycles. The number of hydrogen-bond donors (Lipinski definition) is 2. The third-order valence-corrected chi connectivity index (χ3v) is 2.77. The minimum atomic E-state index is -4.26. The first-order valence-electron chi connectivity index (χ1n) is 3.25. The SMILES string of the molecule is C=C(C(N)=O)C(CC)S(=O)(=O)O.[Na+]. The summed E-state index contributed by atoms with van der Waals surface area (Å²) >= 11 is 0. The molecule has 0 aliphatic heterocycles. The van der Waals surface area contributed by atoms with Crippen LogP contribution in [-0.2, 0) is 14.9 Å². The number of hydrogen-bond acceptors (Lipinski definition) is 3. The van der Waals surface area contributed by atoms with Gasteiger partial charge in [-0.3, -0.25) is 9.35 Å². The van der Waals surface area contributed by atoms with Crippen LogP contribution in [0.2, 0.25) is 0 Å². The Hall–Kier alpha value is 0.120. The topological polar surface area (TPSA) is 97.5 Å². The number of carbonyl (C=O) groups is 1. The van der Waals surface area contributed by atoms with E-state index in [1.54, 1.807) is 0 Å². The number of nitrogens with two attached hydrogens (primary N) is 1. The van der Waals surface area contributed by atoms with Gasteiger partial charge in [0, 0.05) is 5.57 Å². The molecule has 0 aromatic carbocycles. The van der Waals surface area contributed by atoms with Crippen molar-refractivity contribution in [3.8, 4) is 0 Å². The van der Waals surface area contributed by atoms with Crippen molar-refractivity contribution < 1.29 is 47.3 Å². The predicted molar refractivity (Wildman–Crippen MR) is 44.0 cm³/mol. The number of amides is 1. The van der Waals surface area contributed by atoms with Crippen molar-refractivity contribution in [1.82, 2.24) is 0 Å². The van der Waals surface area contributed by atoms with E-state index in [-0.39, 0.29) is 41.6 Å². The molecule has 5 nitrogen and oxygen atoms in total. The van der Waals surface area contributed by atoms with E-state index in [0.29, 0.717) is 0 Å². The second-order valence-electron chi connectivity index (χ2n) is 2.30. The molecule has 0 aromatic rings. The normalized spacial score (nSPS) is 12.8. The Balaban J connectivity index is 0. The van der Waals surface area contributed by atoms with Crippen LogP contribution in [0.5, 0.6) is 0 Å². The zero-order valence-corrected chi connectivity index (χ0v) is 10.5. The Morgan fingerprint density at radius 2 is 2.00 bits per heavy atom. The van der Waals surface area contributed by atoms with Gasteiger partial charge in [-0.2, -0.15) is 8.42 Å². The molecule has 0 aliphatic carbocycles. The molecule has 0 spiro atoms. The van der Waals surface area contributed by atoms with E-state index >= 15 is 0 Å². The van der Waals surface area contributed by atoms with Crippen LogP contribution in [0.3, 0.4) is 0 Å². The molecule has 0 bridgehead atoms. The van der Waals surface area contributed by atoms with E-state index < -0.39 is 21.3 Å². The van der Waals surface area contributed by atoms with E-state index in [1.165, 1.54) is 6.92 Å². The fourth-order valence-corrected chi connectivity index (χ4v) is 1.69. The van der Waals surface area contributed by atoms with Gasteiger partial charge < -0.3 is 5.73 Å². The average Bonchev–Trinajstić information content (AvgIpc) is 1.85. The van der Waals surface area contributed by atoms with Crippen LogP contribution in [0.25, 0.3) is 0 Å². The Bertz CT molecular complexity index is 298. The third-order valence-electron chi connectivity index (χ3n) is 1.44. The first-order chi connectivity index (χ1) is 5.30. The summed E-state index contributed by atoms with van der Waals surface area (Å²) in [4.78, 5) is 10.5. The fourth-order valence-electron chi connectivity index (χ4n) is 0.795. The second-order valence-corrected chi connectivity index (χ2v) is 3.90. The molecule has 0 saturated heterocycles. The third kappa shape index (κ3) is 4.78. The van der Waals surface area contributed by atoms with Crippen LogP contribution in [0.15, 0.2) is 12.2 Å². The summed E-state index contributed by atoms with van der Waals surface area (Å²) < 4.78 is 29.8. The van der Waals surface area contributed by atoms with Crippen molar-refractivity contribution in [3.05, 3.63) is 12.2 Å². The maximum Gasteiger partial charge on any atom is 1.00 e. The summed E-state index contributed by atoms with van der Waals surface area (Å²) in [7, 11) is -4.26. The Labute approximate surface area is 99.4 Å². The standard InChI is InChI=1S/C6H11NO4S.Na/c1-3-5(12(9,10)11)4(2)6(7)8;/h5H,2-3H2,1H3,(H2,7,8)(H,9,10,11);/q;+1. The summed E-state index contributed by atoms with van der Waals surface area (Å²) in [6.45, 7) is 4.68. The summed E-state index contributed by atoms with van der Waals surface area (Å²) in [6.07, 6.45) is 0.0700. The van der Waals surface area contributed by atoms with Gasteiger partial charge in [0.05, 0.1) is 0 Å². The summed E-state index contributed by atoms with van der Waals surface area (Å²) in [6, 6.07) is 0. The molecule has 0 aromatic heterocycles. The molecule has 0 radical (unpaired) electrons. The van der Waals surface area contributed by atoms with Crippen molar-refractivity contribution in [2.45, 2.75) is 18.6 Å². The molecular formula is C6H11NNaO4S+. The van der Waals surface area contributed by atoms with Crippen LogP contribution >= 0.6 is 0 Å². The number of rotatable bonds is 4. The molecule has 7 heteroatoms. The zero-order chi connectivity index (χ0) is 9.94. The Morgan fingerprint density at radius 1 is 1.62 bits per heavy atom. The van der Waals surface area contributed by atoms with Gasteiger partial charge in [0.1, 0.15) is 5.25 Å². The molecule has 1 amide bonds. The quantitative estimate of drug-likeness (QED) is 0.292. The van der Waals surface area contributed by atoms with Gasteiger partial charge in [0.15, 0.2) is 0 Å². The summed E-state index contributed by atoms with van der Waals surface area (Å²) in [5.74, 6) is -0.917. The summed E-state index contributed by atoms with van der Waals surface area (Å²) in [5.41, 5.74) is 4.50. The smallest absolute Gasteiger partial charge is 0.366 e. The van der Waals surface area contributed by atoms with E-state index in [0.717, 1.165) is 0 Å². The molecule has 1 unspecified atom stereocenters. The molecule has 1 atom stereocenters. The predicted octanol–water partition coefficient (Wildman–Crippen LogP) is -3.30. The van der Waals surface area contributed by atoms with Crippen molar-refractivity contribution in [1.29, 1.82) is 0 Å². The fraction of sp³-hybridized carbons (Fsp3) is 0.500. The van der Waals surface area contributed by atoms with Crippen LogP contribution in [0.1, 0.15) is 13.3 Å². The molecule has 13 heavy (non-hydrogen) atoms. The van der Waals surface area contributed by atoms with Crippen LogP contribution in [-0.4, -0.2) is 24.1 Å². The molecule has 70 valence electrons. The van der Waals surface area contributed by atoms with Gasteiger partial charge in [-0.25, -0.2) is 0 Å². The van der Waals surface area contributed by atoms with Crippen LogP contribution in [0.4, 0.5) is 0 Å². The molecule has 0 fully saturated rings. The monoisotopic (exact) mass is 216 g/mol. The van der Waals surface area contributed by atoms with Crippen molar-refractivity contribution >= 4 is 16.0 Å². The number of primary amides is 1. The second kappa shape index (κ2) is 5.77. The van der Waals surface area contributed by atoms with Gasteiger partial charge in [0.2, 0.25) is 5.91 Å². The van der Waals surface area contributed by atoms with E-state index in [9.17, 15) is 13.2 Å². The Morgan fingerprint density at radius 3 is 2.08 bits per heavy atom. The maximum atomic E-state index is 10.6. The largest absolute Gasteiger partial charge is 1.00 e. The Kier molecular flexibility index (Phi) is 6.91.